The topological polar surface area (TPSA) is 29.5 Å². The first-order valence-electron chi connectivity index (χ1n) is 4.34. The Bertz CT molecular complexity index is 132. The first-order chi connectivity index (χ1) is 5.34. The number of rotatable bonds is 4. The SMILES string of the molecule is CCCCC[C@H]1OC=C[C@H]1O. The van der Waals surface area contributed by atoms with Gasteiger partial charge in [-0.05, 0) is 18.9 Å². The lowest BCUT2D eigenvalue weighted by Gasteiger charge is -2.13. The molecular formula is C9H16O2. The molecule has 0 spiro atoms. The smallest absolute Gasteiger partial charge is 0.127 e. The van der Waals surface area contributed by atoms with Crippen molar-refractivity contribution in [1.82, 2.24) is 0 Å². The molecule has 64 valence electrons. The van der Waals surface area contributed by atoms with Crippen LogP contribution in [0.5, 0.6) is 0 Å². The standard InChI is InChI=1S/C9H16O2/c1-2-3-4-5-9-8(10)6-7-11-9/h6-10H,2-5H2,1H3/t8-,9-/m1/s1. The fraction of sp³-hybridized carbons (Fsp3) is 0.778. The van der Waals surface area contributed by atoms with E-state index in [1.807, 2.05) is 0 Å². The average Bonchev–Trinajstić information content (AvgIpc) is 2.37. The van der Waals surface area contributed by atoms with Crippen LogP contribution in [0.2, 0.25) is 0 Å². The zero-order chi connectivity index (χ0) is 8.10. The molecule has 2 heteroatoms. The molecule has 0 saturated heterocycles. The zero-order valence-corrected chi connectivity index (χ0v) is 6.99. The van der Waals surface area contributed by atoms with Gasteiger partial charge in [0.2, 0.25) is 0 Å². The number of aliphatic hydroxyl groups is 1. The number of unbranched alkanes of at least 4 members (excludes halogenated alkanes) is 2. The van der Waals surface area contributed by atoms with E-state index in [1.165, 1.54) is 12.8 Å². The van der Waals surface area contributed by atoms with Gasteiger partial charge in [0, 0.05) is 0 Å². The fourth-order valence-electron chi connectivity index (χ4n) is 1.27. The molecule has 2 nitrogen and oxygen atoms in total. The van der Waals surface area contributed by atoms with E-state index in [-0.39, 0.29) is 12.2 Å². The highest BCUT2D eigenvalue weighted by atomic mass is 16.5. The second-order valence-electron chi connectivity index (χ2n) is 2.99. The van der Waals surface area contributed by atoms with Crippen LogP contribution < -0.4 is 0 Å². The summed E-state index contributed by atoms with van der Waals surface area (Å²) < 4.78 is 5.18. The van der Waals surface area contributed by atoms with Gasteiger partial charge in [0.1, 0.15) is 12.2 Å². The molecule has 1 aliphatic heterocycles. The van der Waals surface area contributed by atoms with Gasteiger partial charge in [0.15, 0.2) is 0 Å². The molecule has 1 N–H and O–H groups in total. The third-order valence-corrected chi connectivity index (χ3v) is 2.00. The Labute approximate surface area is 67.9 Å². The summed E-state index contributed by atoms with van der Waals surface area (Å²) in [5.74, 6) is 0. The molecule has 0 saturated carbocycles. The van der Waals surface area contributed by atoms with Gasteiger partial charge in [-0.3, -0.25) is 0 Å². The Hall–Kier alpha value is -0.500. The first-order valence-corrected chi connectivity index (χ1v) is 4.34. The van der Waals surface area contributed by atoms with Crippen LogP contribution in [-0.4, -0.2) is 17.3 Å². The highest BCUT2D eigenvalue weighted by molar-refractivity contribution is 4.95. The molecule has 1 rings (SSSR count). The number of ether oxygens (including phenoxy) is 1. The lowest BCUT2D eigenvalue weighted by molar-refractivity contribution is 0.0559. The Balaban J connectivity index is 2.08. The summed E-state index contributed by atoms with van der Waals surface area (Å²) in [6, 6.07) is 0. The minimum absolute atomic E-state index is 0.0292. The summed E-state index contributed by atoms with van der Waals surface area (Å²) in [7, 11) is 0. The molecule has 0 unspecified atom stereocenters. The summed E-state index contributed by atoms with van der Waals surface area (Å²) in [4.78, 5) is 0. The summed E-state index contributed by atoms with van der Waals surface area (Å²) in [5, 5.41) is 9.28. The van der Waals surface area contributed by atoms with Crippen LogP contribution in [0.3, 0.4) is 0 Å². The summed E-state index contributed by atoms with van der Waals surface area (Å²) in [5.41, 5.74) is 0. The largest absolute Gasteiger partial charge is 0.495 e. The van der Waals surface area contributed by atoms with E-state index in [0.29, 0.717) is 0 Å². The molecule has 0 aromatic carbocycles. The van der Waals surface area contributed by atoms with E-state index in [2.05, 4.69) is 6.92 Å². The lowest BCUT2D eigenvalue weighted by Crippen LogP contribution is -2.20. The molecule has 1 aliphatic rings. The van der Waals surface area contributed by atoms with Crippen molar-refractivity contribution in [2.45, 2.75) is 44.8 Å². The second kappa shape index (κ2) is 4.39. The van der Waals surface area contributed by atoms with Crippen molar-refractivity contribution in [3.63, 3.8) is 0 Å². The van der Waals surface area contributed by atoms with Gasteiger partial charge in [-0.1, -0.05) is 19.8 Å². The molecule has 0 fully saturated rings. The van der Waals surface area contributed by atoms with Crippen molar-refractivity contribution in [2.75, 3.05) is 0 Å². The van der Waals surface area contributed by atoms with Gasteiger partial charge in [0.05, 0.1) is 6.26 Å². The number of aliphatic hydroxyl groups excluding tert-OH is 1. The highest BCUT2D eigenvalue weighted by Gasteiger charge is 2.20. The zero-order valence-electron chi connectivity index (χ0n) is 6.99. The minimum atomic E-state index is -0.369. The molecular weight excluding hydrogens is 140 g/mol. The van der Waals surface area contributed by atoms with Crippen molar-refractivity contribution in [3.8, 4) is 0 Å². The van der Waals surface area contributed by atoms with E-state index in [0.717, 1.165) is 12.8 Å². The normalized spacial score (nSPS) is 28.9. The Morgan fingerprint density at radius 2 is 2.27 bits per heavy atom. The van der Waals surface area contributed by atoms with E-state index in [9.17, 15) is 5.11 Å². The van der Waals surface area contributed by atoms with Crippen LogP contribution in [0.25, 0.3) is 0 Å². The Morgan fingerprint density at radius 3 is 2.82 bits per heavy atom. The predicted octanol–water partition coefficient (Wildman–Crippen LogP) is 1.84. The van der Waals surface area contributed by atoms with Crippen molar-refractivity contribution in [1.29, 1.82) is 0 Å². The first kappa shape index (κ1) is 8.60. The maximum atomic E-state index is 9.28. The maximum absolute atomic E-state index is 9.28. The van der Waals surface area contributed by atoms with Gasteiger partial charge in [0.25, 0.3) is 0 Å². The molecule has 0 amide bonds. The molecule has 0 aromatic heterocycles. The molecule has 11 heavy (non-hydrogen) atoms. The van der Waals surface area contributed by atoms with Crippen LogP contribution in [0.1, 0.15) is 32.6 Å². The third-order valence-electron chi connectivity index (χ3n) is 2.00. The lowest BCUT2D eigenvalue weighted by atomic mass is 10.1. The monoisotopic (exact) mass is 156 g/mol. The minimum Gasteiger partial charge on any atom is -0.495 e. The van der Waals surface area contributed by atoms with Crippen LogP contribution in [0, 0.1) is 0 Å². The highest BCUT2D eigenvalue weighted by Crippen LogP contribution is 2.16. The molecule has 0 aromatic rings. The average molecular weight is 156 g/mol. The van der Waals surface area contributed by atoms with E-state index >= 15 is 0 Å². The summed E-state index contributed by atoms with van der Waals surface area (Å²) >= 11 is 0. The van der Waals surface area contributed by atoms with E-state index in [4.69, 9.17) is 4.74 Å². The third kappa shape index (κ3) is 2.54. The maximum Gasteiger partial charge on any atom is 0.127 e. The fourth-order valence-corrected chi connectivity index (χ4v) is 1.27. The van der Waals surface area contributed by atoms with Crippen molar-refractivity contribution >= 4 is 0 Å². The predicted molar refractivity (Wildman–Crippen MR) is 44.2 cm³/mol. The van der Waals surface area contributed by atoms with Gasteiger partial charge < -0.3 is 9.84 Å². The number of hydrogen-bond acceptors (Lipinski definition) is 2. The second-order valence-corrected chi connectivity index (χ2v) is 2.99. The van der Waals surface area contributed by atoms with E-state index in [1.54, 1.807) is 12.3 Å². The summed E-state index contributed by atoms with van der Waals surface area (Å²) in [6.45, 7) is 2.17. The molecule has 1 heterocycles. The Kier molecular flexibility index (Phi) is 3.43. The molecule has 0 radical (unpaired) electrons. The van der Waals surface area contributed by atoms with Crippen molar-refractivity contribution in [3.05, 3.63) is 12.3 Å². The molecule has 2 atom stereocenters. The van der Waals surface area contributed by atoms with Gasteiger partial charge in [-0.15, -0.1) is 0 Å². The molecule has 0 aliphatic carbocycles. The van der Waals surface area contributed by atoms with Gasteiger partial charge in [-0.25, -0.2) is 0 Å². The van der Waals surface area contributed by atoms with Crippen molar-refractivity contribution in [2.24, 2.45) is 0 Å². The Morgan fingerprint density at radius 1 is 1.45 bits per heavy atom. The van der Waals surface area contributed by atoms with Crippen LogP contribution in [0.15, 0.2) is 12.3 Å². The van der Waals surface area contributed by atoms with Gasteiger partial charge in [-0.2, -0.15) is 0 Å². The molecule has 0 bridgehead atoms. The number of hydrogen-bond donors (Lipinski definition) is 1. The quantitative estimate of drug-likeness (QED) is 0.629. The van der Waals surface area contributed by atoms with Gasteiger partial charge >= 0.3 is 0 Å². The van der Waals surface area contributed by atoms with Crippen LogP contribution >= 0.6 is 0 Å². The van der Waals surface area contributed by atoms with E-state index < -0.39 is 0 Å². The summed E-state index contributed by atoms with van der Waals surface area (Å²) in [6.07, 6.45) is 7.54. The van der Waals surface area contributed by atoms with Crippen LogP contribution in [-0.2, 0) is 4.74 Å². The van der Waals surface area contributed by atoms with Crippen LogP contribution in [0.4, 0.5) is 0 Å². The van der Waals surface area contributed by atoms with Crippen molar-refractivity contribution < 1.29 is 9.84 Å².